The van der Waals surface area contributed by atoms with E-state index in [-0.39, 0.29) is 61.2 Å². The predicted molar refractivity (Wildman–Crippen MR) is 198 cm³/mol. The maximum Gasteiger partial charge on any atom is 0.309 e. The molecule has 2 aromatic carbocycles. The number of rotatable bonds is 2. The van der Waals surface area contributed by atoms with Crippen molar-refractivity contribution < 1.29 is 38.1 Å². The van der Waals surface area contributed by atoms with Gasteiger partial charge in [-0.1, -0.05) is 32.0 Å². The Morgan fingerprint density at radius 3 is 1.68 bits per heavy atom. The Morgan fingerprint density at radius 2 is 1.14 bits per heavy atom. The maximum absolute atomic E-state index is 13.7. The van der Waals surface area contributed by atoms with Crippen molar-refractivity contribution in [3.63, 3.8) is 0 Å². The molecule has 0 aliphatic carbocycles. The van der Waals surface area contributed by atoms with E-state index >= 15 is 0 Å². The lowest BCUT2D eigenvalue weighted by atomic mass is 9.85. The molecule has 4 aromatic heterocycles. The van der Waals surface area contributed by atoms with Gasteiger partial charge in [-0.3, -0.25) is 19.2 Å². The van der Waals surface area contributed by atoms with E-state index < -0.39 is 34.8 Å². The van der Waals surface area contributed by atoms with Crippen molar-refractivity contribution in [3.05, 3.63) is 126 Å². The molecule has 10 rings (SSSR count). The number of hydrogen-bond acceptors (Lipinski definition) is 10. The fourth-order valence-corrected chi connectivity index (χ4v) is 8.30. The molecule has 0 spiro atoms. The molecule has 4 aliphatic heterocycles. The molecular weight excluding hydrogens is 726 g/mol. The van der Waals surface area contributed by atoms with Gasteiger partial charge >= 0.3 is 11.9 Å². The number of ether oxygens (including phenoxy) is 2. The van der Waals surface area contributed by atoms with Gasteiger partial charge in [0.15, 0.2) is 11.6 Å². The molecule has 6 aromatic rings. The standard InChI is InChI=1S/C21H16F2N2O4.C21H18N2O4/c1-2-21(28)7-18(26)29-9-12-13(21)5-17-19-11(8-25(17)20(12)27)3-10-4-14(22)15(23)6-16(10)24-19;1-2-21(26)9-18(24)27-11-14-15(21)8-17-19-13(10-23(17)20(14)25)7-12-5-3-4-6-16(12)22-19/h3-6,28H,2,7-9H2,1H3;3-8,26H,2,9-11H2,1H3/t2*21-/m11/s1. The molecule has 0 radical (unpaired) electrons. The zero-order chi connectivity index (χ0) is 39.3. The van der Waals surface area contributed by atoms with Crippen LogP contribution in [0, 0.1) is 11.6 Å². The highest BCUT2D eigenvalue weighted by atomic mass is 19.2. The number of esters is 2. The van der Waals surface area contributed by atoms with Crippen LogP contribution in [0.2, 0.25) is 0 Å². The Morgan fingerprint density at radius 1 is 0.661 bits per heavy atom. The summed E-state index contributed by atoms with van der Waals surface area (Å²) in [6.45, 7) is 3.83. The monoisotopic (exact) mass is 760 g/mol. The second kappa shape index (κ2) is 12.7. The van der Waals surface area contributed by atoms with E-state index in [1.807, 2.05) is 30.3 Å². The zero-order valence-electron chi connectivity index (χ0n) is 30.3. The zero-order valence-corrected chi connectivity index (χ0v) is 30.3. The first-order valence-electron chi connectivity index (χ1n) is 18.3. The summed E-state index contributed by atoms with van der Waals surface area (Å²) in [7, 11) is 0. The Balaban J connectivity index is 0.000000147. The quantitative estimate of drug-likeness (QED) is 0.224. The smallest absolute Gasteiger partial charge is 0.309 e. The number of para-hydroxylation sites is 1. The van der Waals surface area contributed by atoms with Crippen LogP contribution in [0.4, 0.5) is 8.78 Å². The van der Waals surface area contributed by atoms with Crippen LogP contribution in [-0.4, -0.2) is 41.3 Å². The number of carbonyl (C=O) groups excluding carboxylic acids is 2. The van der Waals surface area contributed by atoms with Crippen LogP contribution in [-0.2, 0) is 56.6 Å². The Kier molecular flexibility index (Phi) is 8.08. The number of pyridine rings is 4. The van der Waals surface area contributed by atoms with E-state index in [2.05, 4.69) is 11.1 Å². The first kappa shape index (κ1) is 35.6. The van der Waals surface area contributed by atoms with Crippen molar-refractivity contribution in [1.82, 2.24) is 19.1 Å². The average molecular weight is 761 g/mol. The molecule has 0 fully saturated rings. The van der Waals surface area contributed by atoms with Gasteiger partial charge in [0.2, 0.25) is 0 Å². The van der Waals surface area contributed by atoms with Crippen LogP contribution in [0.1, 0.15) is 72.9 Å². The number of fused-ring (bicyclic) bond motifs is 10. The maximum atomic E-state index is 13.7. The van der Waals surface area contributed by atoms with Gasteiger partial charge in [0.25, 0.3) is 11.1 Å². The Labute approximate surface area is 316 Å². The van der Waals surface area contributed by atoms with Crippen molar-refractivity contribution >= 4 is 33.7 Å². The second-order valence-corrected chi connectivity index (χ2v) is 14.7. The van der Waals surface area contributed by atoms with E-state index in [1.165, 1.54) is 4.57 Å². The molecule has 14 heteroatoms. The van der Waals surface area contributed by atoms with Crippen LogP contribution >= 0.6 is 0 Å². The molecule has 0 bridgehead atoms. The van der Waals surface area contributed by atoms with Crippen molar-refractivity contribution in [2.45, 2.75) is 77.0 Å². The van der Waals surface area contributed by atoms with Gasteiger partial charge in [0, 0.05) is 28.0 Å². The second-order valence-electron chi connectivity index (χ2n) is 14.7. The van der Waals surface area contributed by atoms with E-state index in [4.69, 9.17) is 14.5 Å². The SMILES string of the molecule is CC[C@@]1(O)CC(=O)OCc2c1cc1n(c2=O)Cc2cc3cc(F)c(F)cc3nc2-1.CC[C@@]1(O)CC(=O)OCc2c1cc1n(c2=O)Cc2cc3ccccc3nc2-1. The van der Waals surface area contributed by atoms with Crippen LogP contribution in [0.5, 0.6) is 0 Å². The number of aliphatic hydroxyl groups is 2. The van der Waals surface area contributed by atoms with Crippen molar-refractivity contribution in [2.75, 3.05) is 0 Å². The van der Waals surface area contributed by atoms with Gasteiger partial charge in [-0.25, -0.2) is 18.7 Å². The van der Waals surface area contributed by atoms with Crippen LogP contribution in [0.25, 0.3) is 44.6 Å². The summed E-state index contributed by atoms with van der Waals surface area (Å²) in [5.41, 5.74) is 3.05. The third-order valence-corrected chi connectivity index (χ3v) is 11.5. The highest BCUT2D eigenvalue weighted by Crippen LogP contribution is 2.41. The van der Waals surface area contributed by atoms with E-state index in [0.29, 0.717) is 57.7 Å². The van der Waals surface area contributed by atoms with Crippen molar-refractivity contribution in [2.24, 2.45) is 0 Å². The van der Waals surface area contributed by atoms with Gasteiger partial charge in [-0.2, -0.15) is 0 Å². The fraction of sp³-hybridized carbons (Fsp3) is 0.286. The predicted octanol–water partition coefficient (Wildman–Crippen LogP) is 5.22. The molecule has 284 valence electrons. The average Bonchev–Trinajstić information content (AvgIpc) is 3.64. The van der Waals surface area contributed by atoms with Crippen LogP contribution in [0.15, 0.2) is 70.3 Å². The van der Waals surface area contributed by atoms with E-state index in [9.17, 15) is 38.2 Å². The lowest BCUT2D eigenvalue weighted by Crippen LogP contribution is -2.32. The lowest BCUT2D eigenvalue weighted by molar-refractivity contribution is -0.150. The summed E-state index contributed by atoms with van der Waals surface area (Å²) in [5, 5.41) is 23.6. The molecule has 2 N–H and O–H groups in total. The number of hydrogen-bond donors (Lipinski definition) is 2. The lowest BCUT2D eigenvalue weighted by Gasteiger charge is -2.26. The number of nitrogens with zero attached hydrogens (tertiary/aromatic N) is 4. The van der Waals surface area contributed by atoms with E-state index in [1.54, 1.807) is 30.5 Å². The highest BCUT2D eigenvalue weighted by Gasteiger charge is 2.41. The molecule has 0 unspecified atom stereocenters. The molecule has 0 saturated carbocycles. The summed E-state index contributed by atoms with van der Waals surface area (Å²) < 4.78 is 40.7. The van der Waals surface area contributed by atoms with Gasteiger partial charge < -0.3 is 28.8 Å². The largest absolute Gasteiger partial charge is 0.460 e. The van der Waals surface area contributed by atoms with E-state index in [0.717, 1.165) is 34.3 Å². The molecule has 8 heterocycles. The van der Waals surface area contributed by atoms with Gasteiger partial charge in [0.1, 0.15) is 24.4 Å². The molecule has 2 atom stereocenters. The van der Waals surface area contributed by atoms with Crippen molar-refractivity contribution in [1.29, 1.82) is 0 Å². The number of benzene rings is 2. The Bertz CT molecular complexity index is 2850. The fourth-order valence-electron chi connectivity index (χ4n) is 8.30. The molecule has 0 amide bonds. The Hall–Kier alpha value is -6.12. The first-order valence-corrected chi connectivity index (χ1v) is 18.3. The minimum Gasteiger partial charge on any atom is -0.460 e. The third-order valence-electron chi connectivity index (χ3n) is 11.5. The summed E-state index contributed by atoms with van der Waals surface area (Å²) in [6, 6.07) is 17.1. The van der Waals surface area contributed by atoms with Gasteiger partial charge in [-0.15, -0.1) is 0 Å². The van der Waals surface area contributed by atoms with Gasteiger partial charge in [0.05, 0.1) is 70.9 Å². The topological polar surface area (TPSA) is 163 Å². The molecule has 12 nitrogen and oxygen atoms in total. The molecular formula is C42H34F2N4O8. The summed E-state index contributed by atoms with van der Waals surface area (Å²) in [5.74, 6) is -3.03. The normalized spacial score (nSPS) is 20.3. The highest BCUT2D eigenvalue weighted by molar-refractivity contribution is 5.85. The number of carbonyl (C=O) groups is 2. The molecule has 4 aliphatic rings. The van der Waals surface area contributed by atoms with Crippen LogP contribution < -0.4 is 11.1 Å². The minimum atomic E-state index is -1.52. The number of aromatic nitrogens is 4. The molecule has 0 saturated heterocycles. The first-order chi connectivity index (χ1) is 26.8. The number of halogens is 2. The third kappa shape index (κ3) is 5.46. The van der Waals surface area contributed by atoms with Crippen molar-refractivity contribution in [3.8, 4) is 22.8 Å². The summed E-state index contributed by atoms with van der Waals surface area (Å²) in [6.07, 6.45) is 0.135. The molecule has 56 heavy (non-hydrogen) atoms. The summed E-state index contributed by atoms with van der Waals surface area (Å²) >= 11 is 0. The van der Waals surface area contributed by atoms with Gasteiger partial charge in [-0.05, 0) is 60.4 Å². The number of cyclic esters (lactones) is 2. The minimum absolute atomic E-state index is 0.110. The van der Waals surface area contributed by atoms with Crippen LogP contribution in [0.3, 0.4) is 0 Å². The summed E-state index contributed by atoms with van der Waals surface area (Å²) in [4.78, 5) is 59.4.